The van der Waals surface area contributed by atoms with E-state index in [4.69, 9.17) is 4.74 Å². The molecule has 0 aliphatic carbocycles. The van der Waals surface area contributed by atoms with E-state index in [1.165, 1.54) is 4.31 Å². The molecule has 1 rings (SSSR count). The summed E-state index contributed by atoms with van der Waals surface area (Å²) in [6.45, 7) is 5.03. The number of hydrogen-bond donors (Lipinski definition) is 2. The number of hydrogen-bond acceptors (Lipinski definition) is 4. The van der Waals surface area contributed by atoms with E-state index in [0.29, 0.717) is 32.3 Å². The smallest absolute Gasteiger partial charge is 0.279 e. The van der Waals surface area contributed by atoms with Gasteiger partial charge in [0, 0.05) is 32.8 Å². The van der Waals surface area contributed by atoms with Crippen LogP contribution in [0.4, 0.5) is 0 Å². The van der Waals surface area contributed by atoms with Gasteiger partial charge in [-0.1, -0.05) is 6.92 Å². The van der Waals surface area contributed by atoms with Gasteiger partial charge >= 0.3 is 0 Å². The largest absolute Gasteiger partial charge is 0.383 e. The minimum Gasteiger partial charge on any atom is -0.383 e. The van der Waals surface area contributed by atoms with Gasteiger partial charge in [-0.15, -0.1) is 0 Å². The number of nitrogens with zero attached hydrogens (tertiary/aromatic N) is 1. The molecule has 0 bridgehead atoms. The van der Waals surface area contributed by atoms with Crippen LogP contribution in [0, 0.1) is 0 Å². The van der Waals surface area contributed by atoms with Crippen LogP contribution in [-0.2, 0) is 14.9 Å². The average molecular weight is 279 g/mol. The third-order valence-electron chi connectivity index (χ3n) is 3.07. The van der Waals surface area contributed by atoms with Crippen molar-refractivity contribution in [3.05, 3.63) is 0 Å². The van der Waals surface area contributed by atoms with Crippen LogP contribution in [0.2, 0.25) is 0 Å². The fourth-order valence-electron chi connectivity index (χ4n) is 2.01. The monoisotopic (exact) mass is 279 g/mol. The van der Waals surface area contributed by atoms with Crippen molar-refractivity contribution in [2.75, 3.05) is 39.9 Å². The van der Waals surface area contributed by atoms with Gasteiger partial charge in [0.1, 0.15) is 0 Å². The first-order valence-electron chi connectivity index (χ1n) is 6.57. The third-order valence-corrected chi connectivity index (χ3v) is 4.68. The normalized spacial score (nSPS) is 19.2. The van der Waals surface area contributed by atoms with Crippen LogP contribution in [0.1, 0.15) is 26.2 Å². The molecule has 0 saturated carbocycles. The van der Waals surface area contributed by atoms with Crippen molar-refractivity contribution < 1.29 is 13.2 Å². The Balaban J connectivity index is 2.32. The molecule has 18 heavy (non-hydrogen) atoms. The topological polar surface area (TPSA) is 70.7 Å². The SMILES string of the molecule is CCCNC1CCN(S(=O)(=O)NCCOC)CC1. The van der Waals surface area contributed by atoms with Crippen LogP contribution in [0.3, 0.4) is 0 Å². The van der Waals surface area contributed by atoms with Crippen molar-refractivity contribution in [2.45, 2.75) is 32.2 Å². The lowest BCUT2D eigenvalue weighted by Gasteiger charge is -2.31. The third kappa shape index (κ3) is 5.19. The molecule has 0 radical (unpaired) electrons. The molecule has 0 aromatic heterocycles. The van der Waals surface area contributed by atoms with Crippen LogP contribution >= 0.6 is 0 Å². The molecular formula is C11H25N3O3S. The summed E-state index contributed by atoms with van der Waals surface area (Å²) in [6.07, 6.45) is 2.87. The van der Waals surface area contributed by atoms with E-state index in [0.717, 1.165) is 25.8 Å². The fraction of sp³-hybridized carbons (Fsp3) is 1.00. The van der Waals surface area contributed by atoms with E-state index in [1.54, 1.807) is 7.11 Å². The summed E-state index contributed by atoms with van der Waals surface area (Å²) in [5, 5.41) is 3.43. The summed E-state index contributed by atoms with van der Waals surface area (Å²) in [5.41, 5.74) is 0. The predicted octanol–water partition coefficient (Wildman–Crippen LogP) is -0.0688. The van der Waals surface area contributed by atoms with Gasteiger partial charge in [0.15, 0.2) is 0 Å². The van der Waals surface area contributed by atoms with Crippen LogP contribution in [0.15, 0.2) is 0 Å². The van der Waals surface area contributed by atoms with Crippen LogP contribution in [0.5, 0.6) is 0 Å². The highest BCUT2D eigenvalue weighted by molar-refractivity contribution is 7.87. The summed E-state index contributed by atoms with van der Waals surface area (Å²) >= 11 is 0. The van der Waals surface area contributed by atoms with E-state index >= 15 is 0 Å². The lowest BCUT2D eigenvalue weighted by molar-refractivity contribution is 0.203. The Hall–Kier alpha value is -0.210. The van der Waals surface area contributed by atoms with E-state index < -0.39 is 10.2 Å². The van der Waals surface area contributed by atoms with E-state index in [1.807, 2.05) is 0 Å². The zero-order chi connectivity index (χ0) is 13.4. The Labute approximate surface area is 110 Å². The maximum atomic E-state index is 11.9. The van der Waals surface area contributed by atoms with Gasteiger partial charge in [0.2, 0.25) is 0 Å². The van der Waals surface area contributed by atoms with Crippen molar-refractivity contribution in [1.82, 2.24) is 14.3 Å². The summed E-state index contributed by atoms with van der Waals surface area (Å²) in [7, 11) is -1.77. The van der Waals surface area contributed by atoms with Crippen LogP contribution < -0.4 is 10.0 Å². The summed E-state index contributed by atoms with van der Waals surface area (Å²) in [6, 6.07) is 0.454. The molecule has 108 valence electrons. The molecule has 1 aliphatic heterocycles. The first-order chi connectivity index (χ1) is 8.60. The van der Waals surface area contributed by atoms with Gasteiger partial charge in [-0.3, -0.25) is 0 Å². The molecule has 1 heterocycles. The molecule has 1 aliphatic rings. The molecule has 1 fully saturated rings. The van der Waals surface area contributed by atoms with Gasteiger partial charge < -0.3 is 10.1 Å². The highest BCUT2D eigenvalue weighted by Crippen LogP contribution is 2.13. The minimum atomic E-state index is -3.32. The second-order valence-electron chi connectivity index (χ2n) is 4.52. The molecule has 2 N–H and O–H groups in total. The zero-order valence-electron chi connectivity index (χ0n) is 11.3. The molecule has 0 aromatic rings. The zero-order valence-corrected chi connectivity index (χ0v) is 12.1. The molecule has 0 amide bonds. The first-order valence-corrected chi connectivity index (χ1v) is 8.01. The average Bonchev–Trinajstić information content (AvgIpc) is 2.37. The molecule has 0 atom stereocenters. The van der Waals surface area contributed by atoms with E-state index in [9.17, 15) is 8.42 Å². The Kier molecular flexibility index (Phi) is 7.10. The number of piperidine rings is 1. The first kappa shape index (κ1) is 15.8. The second kappa shape index (κ2) is 8.06. The van der Waals surface area contributed by atoms with Crippen molar-refractivity contribution >= 4 is 10.2 Å². The summed E-state index contributed by atoms with van der Waals surface area (Å²) in [5.74, 6) is 0. The van der Waals surface area contributed by atoms with Gasteiger partial charge in [0.05, 0.1) is 6.61 Å². The molecule has 1 saturated heterocycles. The highest BCUT2D eigenvalue weighted by Gasteiger charge is 2.27. The Morgan fingerprint density at radius 3 is 2.50 bits per heavy atom. The van der Waals surface area contributed by atoms with Gasteiger partial charge in [0.25, 0.3) is 10.2 Å². The minimum absolute atomic E-state index is 0.326. The number of nitrogens with one attached hydrogen (secondary N) is 2. The van der Waals surface area contributed by atoms with Crippen molar-refractivity contribution in [1.29, 1.82) is 0 Å². The number of methoxy groups -OCH3 is 1. The molecule has 0 spiro atoms. The molecular weight excluding hydrogens is 254 g/mol. The predicted molar refractivity (Wildman–Crippen MR) is 71.7 cm³/mol. The summed E-state index contributed by atoms with van der Waals surface area (Å²) < 4.78 is 32.7. The fourth-order valence-corrected chi connectivity index (χ4v) is 3.23. The quantitative estimate of drug-likeness (QED) is 0.610. The van der Waals surface area contributed by atoms with Gasteiger partial charge in [-0.25, -0.2) is 0 Å². The lowest BCUT2D eigenvalue weighted by atomic mass is 10.1. The van der Waals surface area contributed by atoms with Crippen LogP contribution in [0.25, 0.3) is 0 Å². The van der Waals surface area contributed by atoms with Crippen molar-refractivity contribution in [3.8, 4) is 0 Å². The molecule has 6 nitrogen and oxygen atoms in total. The van der Waals surface area contributed by atoms with Crippen molar-refractivity contribution in [3.63, 3.8) is 0 Å². The Morgan fingerprint density at radius 1 is 1.28 bits per heavy atom. The Bertz CT molecular complexity index is 313. The lowest BCUT2D eigenvalue weighted by Crippen LogP contribution is -2.49. The maximum Gasteiger partial charge on any atom is 0.279 e. The van der Waals surface area contributed by atoms with E-state index in [2.05, 4.69) is 17.0 Å². The number of ether oxygens (including phenoxy) is 1. The van der Waals surface area contributed by atoms with E-state index in [-0.39, 0.29) is 0 Å². The highest BCUT2D eigenvalue weighted by atomic mass is 32.2. The van der Waals surface area contributed by atoms with Gasteiger partial charge in [-0.05, 0) is 25.8 Å². The number of rotatable bonds is 8. The summed E-state index contributed by atoms with van der Waals surface area (Å²) in [4.78, 5) is 0. The molecule has 7 heteroatoms. The Morgan fingerprint density at radius 2 is 1.94 bits per heavy atom. The van der Waals surface area contributed by atoms with Gasteiger partial charge in [-0.2, -0.15) is 17.4 Å². The molecule has 0 unspecified atom stereocenters. The standard InChI is InChI=1S/C11H25N3O3S/c1-3-6-12-11-4-8-14(9-5-11)18(15,16)13-7-10-17-2/h11-13H,3-10H2,1-2H3. The van der Waals surface area contributed by atoms with Crippen molar-refractivity contribution in [2.24, 2.45) is 0 Å². The maximum absolute atomic E-state index is 11.9. The molecule has 0 aromatic carbocycles. The second-order valence-corrected chi connectivity index (χ2v) is 6.27. The van der Waals surface area contributed by atoms with Crippen LogP contribution in [-0.4, -0.2) is 58.7 Å².